The molecule has 0 aliphatic rings. The number of halogens is 1. The molecule has 0 radical (unpaired) electrons. The van der Waals surface area contributed by atoms with E-state index >= 15 is 0 Å². The molecule has 2 rings (SSSR count). The van der Waals surface area contributed by atoms with Crippen molar-refractivity contribution in [3.05, 3.63) is 46.5 Å². The van der Waals surface area contributed by atoms with Gasteiger partial charge in [-0.3, -0.25) is 4.79 Å². The second-order valence-corrected chi connectivity index (χ2v) is 6.88. The number of hydrogen-bond acceptors (Lipinski definition) is 3. The van der Waals surface area contributed by atoms with Crippen molar-refractivity contribution in [3.63, 3.8) is 0 Å². The average molecular weight is 321 g/mol. The van der Waals surface area contributed by atoms with Crippen LogP contribution in [0.15, 0.2) is 30.3 Å². The van der Waals surface area contributed by atoms with Crippen molar-refractivity contribution in [1.82, 2.24) is 0 Å². The molecule has 0 spiro atoms. The zero-order chi connectivity index (χ0) is 16.5. The Bertz CT molecular complexity index is 701. The maximum atomic E-state index is 11.8. The highest BCUT2D eigenvalue weighted by atomic mass is 35.5. The summed E-state index contributed by atoms with van der Waals surface area (Å²) in [6.07, 6.45) is -0.941. The molecule has 0 aliphatic heterocycles. The maximum Gasteiger partial charge on any atom is 0.311 e. The van der Waals surface area contributed by atoms with Gasteiger partial charge in [0.25, 0.3) is 0 Å². The van der Waals surface area contributed by atoms with Crippen LogP contribution in [-0.2, 0) is 9.53 Å². The van der Waals surface area contributed by atoms with E-state index in [2.05, 4.69) is 0 Å². The molecule has 0 amide bonds. The Balaban J connectivity index is 2.28. The van der Waals surface area contributed by atoms with Crippen LogP contribution in [0.5, 0.6) is 0 Å². The third kappa shape index (κ3) is 3.42. The summed E-state index contributed by atoms with van der Waals surface area (Å²) in [5, 5.41) is 12.8. The summed E-state index contributed by atoms with van der Waals surface area (Å²) >= 11 is 6.45. The molecule has 1 atom stereocenters. The van der Waals surface area contributed by atoms with Crippen molar-refractivity contribution in [2.75, 3.05) is 6.61 Å². The molecule has 0 aliphatic carbocycles. The molecular weight excluding hydrogens is 300 g/mol. The Morgan fingerprint density at radius 1 is 1.32 bits per heavy atom. The van der Waals surface area contributed by atoms with Gasteiger partial charge in [0.1, 0.15) is 12.7 Å². The van der Waals surface area contributed by atoms with Gasteiger partial charge in [-0.15, -0.1) is 0 Å². The van der Waals surface area contributed by atoms with Gasteiger partial charge in [0.05, 0.1) is 10.4 Å². The Kier molecular flexibility index (Phi) is 4.78. The smallest absolute Gasteiger partial charge is 0.311 e. The van der Waals surface area contributed by atoms with Crippen LogP contribution in [0.4, 0.5) is 0 Å². The van der Waals surface area contributed by atoms with Crippen LogP contribution in [0.3, 0.4) is 0 Å². The van der Waals surface area contributed by atoms with E-state index in [0.29, 0.717) is 10.6 Å². The first-order valence-corrected chi connectivity index (χ1v) is 7.62. The normalized spacial score (nSPS) is 13.2. The summed E-state index contributed by atoms with van der Waals surface area (Å²) in [5.41, 5.74) is 0.896. The van der Waals surface area contributed by atoms with Gasteiger partial charge < -0.3 is 9.84 Å². The molecule has 1 N–H and O–H groups in total. The second kappa shape index (κ2) is 6.27. The highest BCUT2D eigenvalue weighted by Gasteiger charge is 2.25. The summed E-state index contributed by atoms with van der Waals surface area (Å²) in [6, 6.07) is 9.71. The number of aryl methyl sites for hydroxylation is 1. The van der Waals surface area contributed by atoms with E-state index in [1.54, 1.807) is 20.8 Å². The topological polar surface area (TPSA) is 46.5 Å². The number of ether oxygens (including phenoxy) is 1. The lowest BCUT2D eigenvalue weighted by Crippen LogP contribution is -2.25. The first-order valence-electron chi connectivity index (χ1n) is 7.25. The Hall–Kier alpha value is -1.58. The van der Waals surface area contributed by atoms with E-state index in [9.17, 15) is 9.90 Å². The quantitative estimate of drug-likeness (QED) is 0.851. The van der Waals surface area contributed by atoms with Gasteiger partial charge in [0, 0.05) is 10.9 Å². The van der Waals surface area contributed by atoms with Gasteiger partial charge in [-0.1, -0.05) is 41.9 Å². The average Bonchev–Trinajstić information content (AvgIpc) is 2.43. The Labute approximate surface area is 135 Å². The molecule has 2 aromatic carbocycles. The number of carbonyl (C=O) groups excluding carboxylic acids is 1. The number of fused-ring (bicyclic) bond motifs is 1. The lowest BCUT2D eigenvalue weighted by molar-refractivity contribution is -0.156. The molecule has 22 heavy (non-hydrogen) atoms. The third-order valence-corrected chi connectivity index (χ3v) is 3.96. The van der Waals surface area contributed by atoms with Gasteiger partial charge in [0.15, 0.2) is 0 Å². The number of carbonyl (C=O) groups is 1. The number of aliphatic hydroxyl groups is 1. The summed E-state index contributed by atoms with van der Waals surface area (Å²) in [5.74, 6) is -0.346. The number of hydrogen-bond donors (Lipinski definition) is 1. The van der Waals surface area contributed by atoms with Gasteiger partial charge in [-0.25, -0.2) is 0 Å². The third-order valence-electron chi connectivity index (χ3n) is 3.55. The lowest BCUT2D eigenvalue weighted by atomic mass is 9.97. The van der Waals surface area contributed by atoms with Crippen molar-refractivity contribution in [2.45, 2.75) is 33.8 Å². The predicted octanol–water partition coefficient (Wildman–Crippen LogP) is 4.42. The van der Waals surface area contributed by atoms with Crippen LogP contribution in [0.2, 0.25) is 5.02 Å². The van der Waals surface area contributed by atoms with E-state index < -0.39 is 11.5 Å². The summed E-state index contributed by atoms with van der Waals surface area (Å²) < 4.78 is 5.20. The van der Waals surface area contributed by atoms with Crippen LogP contribution >= 0.6 is 11.6 Å². The van der Waals surface area contributed by atoms with Gasteiger partial charge in [-0.05, 0) is 38.6 Å². The fraction of sp³-hybridized carbons (Fsp3) is 0.389. The molecule has 0 saturated heterocycles. The van der Waals surface area contributed by atoms with Crippen molar-refractivity contribution < 1.29 is 14.6 Å². The zero-order valence-electron chi connectivity index (χ0n) is 13.3. The Morgan fingerprint density at radius 3 is 2.59 bits per heavy atom. The molecule has 0 unspecified atom stereocenters. The van der Waals surface area contributed by atoms with Crippen LogP contribution in [0, 0.1) is 12.3 Å². The summed E-state index contributed by atoms with van der Waals surface area (Å²) in [7, 11) is 0. The highest BCUT2D eigenvalue weighted by molar-refractivity contribution is 6.36. The first-order chi connectivity index (χ1) is 10.2. The molecule has 0 aromatic heterocycles. The van der Waals surface area contributed by atoms with E-state index in [4.69, 9.17) is 16.3 Å². The number of benzene rings is 2. The van der Waals surface area contributed by atoms with E-state index in [1.807, 2.05) is 37.3 Å². The standard InChI is InChI=1S/C18H21ClO3/c1-11-9-12-7-5-6-8-13(12)16(19)15(11)14(20)10-22-17(21)18(2,3)4/h5-9,14,20H,10H2,1-4H3/t14-/m1/s1. The number of esters is 1. The first kappa shape index (κ1) is 16.8. The highest BCUT2D eigenvalue weighted by Crippen LogP contribution is 2.34. The lowest BCUT2D eigenvalue weighted by Gasteiger charge is -2.21. The molecular formula is C18H21ClO3. The van der Waals surface area contributed by atoms with Crippen LogP contribution in [0.25, 0.3) is 10.8 Å². The van der Waals surface area contributed by atoms with Crippen molar-refractivity contribution in [2.24, 2.45) is 5.41 Å². The van der Waals surface area contributed by atoms with Gasteiger partial charge in [0.2, 0.25) is 0 Å². The summed E-state index contributed by atoms with van der Waals surface area (Å²) in [6.45, 7) is 7.11. The SMILES string of the molecule is Cc1cc2ccccc2c(Cl)c1[C@H](O)COC(=O)C(C)(C)C. The molecule has 118 valence electrons. The van der Waals surface area contributed by atoms with Crippen LogP contribution < -0.4 is 0 Å². The monoisotopic (exact) mass is 320 g/mol. The molecule has 0 heterocycles. The fourth-order valence-corrected chi connectivity index (χ4v) is 2.76. The van der Waals surface area contributed by atoms with Gasteiger partial charge in [-0.2, -0.15) is 0 Å². The molecule has 4 heteroatoms. The second-order valence-electron chi connectivity index (χ2n) is 6.51. The van der Waals surface area contributed by atoms with E-state index in [0.717, 1.165) is 16.3 Å². The predicted molar refractivity (Wildman–Crippen MR) is 89.1 cm³/mol. The maximum absolute atomic E-state index is 11.8. The van der Waals surface area contributed by atoms with Crippen molar-refractivity contribution in [3.8, 4) is 0 Å². The Morgan fingerprint density at radius 2 is 1.95 bits per heavy atom. The largest absolute Gasteiger partial charge is 0.462 e. The minimum Gasteiger partial charge on any atom is -0.462 e. The van der Waals surface area contributed by atoms with Crippen LogP contribution in [0.1, 0.15) is 38.0 Å². The molecule has 2 aromatic rings. The minimum absolute atomic E-state index is 0.102. The van der Waals surface area contributed by atoms with Gasteiger partial charge >= 0.3 is 5.97 Å². The van der Waals surface area contributed by atoms with Crippen molar-refractivity contribution in [1.29, 1.82) is 0 Å². The molecule has 0 bridgehead atoms. The number of rotatable bonds is 3. The molecule has 0 fully saturated rings. The van der Waals surface area contributed by atoms with E-state index in [-0.39, 0.29) is 12.6 Å². The fourth-order valence-electron chi connectivity index (χ4n) is 2.32. The van der Waals surface area contributed by atoms with Crippen LogP contribution in [-0.4, -0.2) is 17.7 Å². The molecule has 0 saturated carbocycles. The molecule has 3 nitrogen and oxygen atoms in total. The zero-order valence-corrected chi connectivity index (χ0v) is 14.1. The van der Waals surface area contributed by atoms with Crippen molar-refractivity contribution >= 4 is 28.3 Å². The minimum atomic E-state index is -0.941. The summed E-state index contributed by atoms with van der Waals surface area (Å²) in [4.78, 5) is 11.8. The number of aliphatic hydroxyl groups excluding tert-OH is 1. The van der Waals surface area contributed by atoms with E-state index in [1.165, 1.54) is 0 Å².